The predicted molar refractivity (Wildman–Crippen MR) is 70.7 cm³/mol. The van der Waals surface area contributed by atoms with E-state index < -0.39 is 17.6 Å². The number of alkyl halides is 3. The maximum atomic E-state index is 12.7. The second-order valence-corrected chi connectivity index (χ2v) is 4.03. The Bertz CT molecular complexity index is 654. The first-order valence-electron chi connectivity index (χ1n) is 5.88. The average Bonchev–Trinajstić information content (AvgIpc) is 2.47. The molecular weight excluding hydrogens is 283 g/mol. The molecule has 0 saturated carbocycles. The fourth-order valence-electron chi connectivity index (χ4n) is 1.59. The first kappa shape index (κ1) is 14.7. The van der Waals surface area contributed by atoms with Crippen LogP contribution in [0.1, 0.15) is 21.5 Å². The van der Waals surface area contributed by atoms with Crippen molar-refractivity contribution in [2.75, 3.05) is 0 Å². The molecule has 0 bridgehead atoms. The summed E-state index contributed by atoms with van der Waals surface area (Å²) < 4.78 is 38.2. The van der Waals surface area contributed by atoms with Crippen LogP contribution in [0.2, 0.25) is 0 Å². The number of nitrogens with zero attached hydrogens (tertiary/aromatic N) is 2. The van der Waals surface area contributed by atoms with E-state index in [0.717, 1.165) is 12.3 Å². The molecule has 1 amide bonds. The summed E-state index contributed by atoms with van der Waals surface area (Å²) in [5.74, 6) is -0.552. The summed E-state index contributed by atoms with van der Waals surface area (Å²) in [7, 11) is 0. The maximum Gasteiger partial charge on any atom is 0.417 e. The Balaban J connectivity index is 2.11. The molecule has 0 saturated heterocycles. The molecule has 2 rings (SSSR count). The Kier molecular flexibility index (Phi) is 4.32. The third-order valence-electron chi connectivity index (χ3n) is 2.56. The predicted octanol–water partition coefficient (Wildman–Crippen LogP) is 2.86. The van der Waals surface area contributed by atoms with Gasteiger partial charge in [0.1, 0.15) is 0 Å². The molecular formula is C14H10F3N3O. The molecule has 1 aromatic carbocycles. The van der Waals surface area contributed by atoms with E-state index in [1.807, 2.05) is 0 Å². The minimum absolute atomic E-state index is 0.128. The number of aromatic nitrogens is 1. The lowest BCUT2D eigenvalue weighted by atomic mass is 10.1. The highest BCUT2D eigenvalue weighted by atomic mass is 19.4. The van der Waals surface area contributed by atoms with Gasteiger partial charge in [-0.1, -0.05) is 18.2 Å². The first-order chi connectivity index (χ1) is 9.98. The van der Waals surface area contributed by atoms with Gasteiger partial charge in [-0.3, -0.25) is 9.78 Å². The molecule has 0 spiro atoms. The highest BCUT2D eigenvalue weighted by Crippen LogP contribution is 2.30. The van der Waals surface area contributed by atoms with Crippen LogP contribution in [0, 0.1) is 0 Å². The number of hydrogen-bond acceptors (Lipinski definition) is 3. The highest BCUT2D eigenvalue weighted by Gasteiger charge is 2.32. The zero-order chi connectivity index (χ0) is 15.3. The Morgan fingerprint density at radius 1 is 1.19 bits per heavy atom. The van der Waals surface area contributed by atoms with Crippen LogP contribution in [-0.4, -0.2) is 17.1 Å². The monoisotopic (exact) mass is 293 g/mol. The molecule has 0 radical (unpaired) electrons. The molecule has 0 aliphatic rings. The number of benzene rings is 1. The third-order valence-corrected chi connectivity index (χ3v) is 2.56. The van der Waals surface area contributed by atoms with Crippen LogP contribution >= 0.6 is 0 Å². The molecule has 108 valence electrons. The van der Waals surface area contributed by atoms with Crippen LogP contribution in [0.15, 0.2) is 53.9 Å². The second kappa shape index (κ2) is 6.17. The molecule has 2 aromatic rings. The zero-order valence-corrected chi connectivity index (χ0v) is 10.6. The van der Waals surface area contributed by atoms with Crippen LogP contribution in [-0.2, 0) is 6.18 Å². The number of carbonyl (C=O) groups is 1. The Morgan fingerprint density at radius 2 is 1.95 bits per heavy atom. The van der Waals surface area contributed by atoms with Gasteiger partial charge in [-0.25, -0.2) is 5.43 Å². The van der Waals surface area contributed by atoms with Crippen LogP contribution in [0.4, 0.5) is 13.2 Å². The van der Waals surface area contributed by atoms with Gasteiger partial charge >= 0.3 is 6.18 Å². The van der Waals surface area contributed by atoms with E-state index in [0.29, 0.717) is 0 Å². The Labute approximate surface area is 118 Å². The summed E-state index contributed by atoms with van der Waals surface area (Å²) in [5, 5.41) is 3.54. The largest absolute Gasteiger partial charge is 0.417 e. The molecule has 0 aliphatic heterocycles. The summed E-state index contributed by atoms with van der Waals surface area (Å²) in [4.78, 5) is 15.4. The number of pyridine rings is 1. The van der Waals surface area contributed by atoms with Crippen molar-refractivity contribution in [3.05, 3.63) is 65.5 Å². The molecule has 7 heteroatoms. The van der Waals surface area contributed by atoms with E-state index in [4.69, 9.17) is 0 Å². The van der Waals surface area contributed by atoms with Crippen molar-refractivity contribution in [1.82, 2.24) is 10.4 Å². The molecule has 0 aliphatic carbocycles. The van der Waals surface area contributed by atoms with Crippen LogP contribution in [0.3, 0.4) is 0 Å². The number of halogens is 3. The van der Waals surface area contributed by atoms with Crippen LogP contribution in [0.5, 0.6) is 0 Å². The lowest BCUT2D eigenvalue weighted by Gasteiger charge is -2.09. The SMILES string of the molecule is O=C(N/N=C/c1ccccc1C(F)(F)F)c1cccnc1. The molecule has 0 atom stereocenters. The fraction of sp³-hybridized carbons (Fsp3) is 0.0714. The molecule has 4 nitrogen and oxygen atoms in total. The number of carbonyl (C=O) groups excluding carboxylic acids is 1. The Morgan fingerprint density at radius 3 is 2.62 bits per heavy atom. The summed E-state index contributed by atoms with van der Waals surface area (Å²) in [6.45, 7) is 0. The molecule has 1 heterocycles. The zero-order valence-electron chi connectivity index (χ0n) is 10.6. The van der Waals surface area contributed by atoms with Gasteiger partial charge in [0, 0.05) is 18.0 Å². The minimum atomic E-state index is -4.48. The van der Waals surface area contributed by atoms with Gasteiger partial charge in [-0.2, -0.15) is 18.3 Å². The molecule has 0 fully saturated rings. The van der Waals surface area contributed by atoms with E-state index in [2.05, 4.69) is 15.5 Å². The summed E-state index contributed by atoms with van der Waals surface area (Å²) in [6.07, 6.45) is -0.693. The molecule has 0 unspecified atom stereocenters. The quantitative estimate of drug-likeness (QED) is 0.699. The van der Waals surface area contributed by atoms with Gasteiger partial charge in [0.25, 0.3) is 5.91 Å². The molecule has 1 N–H and O–H groups in total. The topological polar surface area (TPSA) is 54.4 Å². The van der Waals surface area contributed by atoms with Gasteiger partial charge in [0.15, 0.2) is 0 Å². The van der Waals surface area contributed by atoms with E-state index >= 15 is 0 Å². The standard InChI is InChI=1S/C14H10F3N3O/c15-14(16,17)12-6-2-1-4-10(12)9-19-20-13(21)11-5-3-7-18-8-11/h1-9H,(H,20,21)/b19-9+. The summed E-state index contributed by atoms with van der Waals surface area (Å²) >= 11 is 0. The normalized spacial score (nSPS) is 11.6. The smallest absolute Gasteiger partial charge is 0.267 e. The molecule has 1 aromatic heterocycles. The summed E-state index contributed by atoms with van der Waals surface area (Å²) in [6, 6.07) is 8.04. The van der Waals surface area contributed by atoms with Gasteiger partial charge in [-0.15, -0.1) is 0 Å². The van der Waals surface area contributed by atoms with Crippen molar-refractivity contribution in [1.29, 1.82) is 0 Å². The van der Waals surface area contributed by atoms with Gasteiger partial charge in [0.05, 0.1) is 17.3 Å². The number of amides is 1. The van der Waals surface area contributed by atoms with Crippen LogP contribution < -0.4 is 5.43 Å². The van der Waals surface area contributed by atoms with Crippen LogP contribution in [0.25, 0.3) is 0 Å². The van der Waals surface area contributed by atoms with Crippen molar-refractivity contribution in [2.24, 2.45) is 5.10 Å². The number of nitrogens with one attached hydrogen (secondary N) is 1. The fourth-order valence-corrected chi connectivity index (χ4v) is 1.59. The second-order valence-electron chi connectivity index (χ2n) is 4.03. The Hall–Kier alpha value is -2.70. The van der Waals surface area contributed by atoms with Gasteiger partial charge in [0.2, 0.25) is 0 Å². The van der Waals surface area contributed by atoms with Gasteiger partial charge < -0.3 is 0 Å². The van der Waals surface area contributed by atoms with E-state index in [1.165, 1.54) is 36.7 Å². The number of rotatable bonds is 3. The average molecular weight is 293 g/mol. The van der Waals surface area contributed by atoms with Crippen molar-refractivity contribution in [2.45, 2.75) is 6.18 Å². The van der Waals surface area contributed by atoms with E-state index in [-0.39, 0.29) is 11.1 Å². The van der Waals surface area contributed by atoms with Crippen molar-refractivity contribution < 1.29 is 18.0 Å². The van der Waals surface area contributed by atoms with Crippen molar-refractivity contribution in [3.8, 4) is 0 Å². The van der Waals surface area contributed by atoms with E-state index in [1.54, 1.807) is 6.07 Å². The van der Waals surface area contributed by atoms with Gasteiger partial charge in [-0.05, 0) is 18.2 Å². The minimum Gasteiger partial charge on any atom is -0.267 e. The van der Waals surface area contributed by atoms with Crippen molar-refractivity contribution >= 4 is 12.1 Å². The summed E-state index contributed by atoms with van der Waals surface area (Å²) in [5.41, 5.74) is 1.47. The van der Waals surface area contributed by atoms with E-state index in [9.17, 15) is 18.0 Å². The third kappa shape index (κ3) is 3.88. The lowest BCUT2D eigenvalue weighted by molar-refractivity contribution is -0.137. The maximum absolute atomic E-state index is 12.7. The van der Waals surface area contributed by atoms with Crippen molar-refractivity contribution in [3.63, 3.8) is 0 Å². The first-order valence-corrected chi connectivity index (χ1v) is 5.88. The number of hydrogen-bond donors (Lipinski definition) is 1. The highest BCUT2D eigenvalue weighted by molar-refractivity contribution is 5.94. The molecule has 21 heavy (non-hydrogen) atoms. The lowest BCUT2D eigenvalue weighted by Crippen LogP contribution is -2.18. The number of hydrazone groups is 1.